The van der Waals surface area contributed by atoms with E-state index in [0.29, 0.717) is 21.2 Å². The van der Waals surface area contributed by atoms with Crippen molar-refractivity contribution >= 4 is 34.0 Å². The van der Waals surface area contributed by atoms with Crippen LogP contribution in [0.1, 0.15) is 0 Å². The maximum atomic E-state index is 13.1. The fraction of sp³-hybridized carbons (Fsp3) is 0. The summed E-state index contributed by atoms with van der Waals surface area (Å²) in [6.07, 6.45) is 0. The van der Waals surface area contributed by atoms with Gasteiger partial charge in [0.05, 0.1) is 5.39 Å². The molecule has 0 aliphatic heterocycles. The van der Waals surface area contributed by atoms with Gasteiger partial charge in [-0.3, -0.25) is 0 Å². The van der Waals surface area contributed by atoms with E-state index in [0.717, 1.165) is 33.2 Å². The van der Waals surface area contributed by atoms with Gasteiger partial charge in [0.15, 0.2) is 0 Å². The minimum Gasteiger partial charge on any atom is -0.422 e. The van der Waals surface area contributed by atoms with E-state index in [-0.39, 0.29) is 5.63 Å². The van der Waals surface area contributed by atoms with E-state index in [1.54, 1.807) is 12.1 Å². The normalized spacial score (nSPS) is 11.2. The number of hydrogen-bond acceptors (Lipinski definition) is 2. The second kappa shape index (κ2) is 7.07. The highest BCUT2D eigenvalue weighted by Crippen LogP contribution is 2.42. The molecule has 0 radical (unpaired) electrons. The van der Waals surface area contributed by atoms with Crippen molar-refractivity contribution in [2.24, 2.45) is 0 Å². The average Bonchev–Trinajstić information content (AvgIpc) is 2.91. The molecule has 0 bridgehead atoms. The average molecular weight is 417 g/mol. The van der Waals surface area contributed by atoms with Gasteiger partial charge in [-0.25, -0.2) is 4.79 Å². The number of fused-ring (bicyclic) bond motifs is 3. The van der Waals surface area contributed by atoms with E-state index in [2.05, 4.69) is 0 Å². The Kier molecular flexibility index (Phi) is 4.39. The maximum Gasteiger partial charge on any atom is 0.344 e. The summed E-state index contributed by atoms with van der Waals surface area (Å²) < 4.78 is 5.90. The highest BCUT2D eigenvalue weighted by Gasteiger charge is 2.22. The van der Waals surface area contributed by atoms with Crippen LogP contribution in [0.5, 0.6) is 0 Å². The van der Waals surface area contributed by atoms with Gasteiger partial charge < -0.3 is 4.42 Å². The zero-order chi connectivity index (χ0) is 20.0. The predicted octanol–water partition coefficient (Wildman–Crippen LogP) is 7.54. The molecule has 0 spiro atoms. The largest absolute Gasteiger partial charge is 0.422 e. The molecule has 2 aromatic carbocycles. The van der Waals surface area contributed by atoms with Gasteiger partial charge in [-0.1, -0.05) is 77.8 Å². The third-order valence-electron chi connectivity index (χ3n) is 5.01. The standard InChI is InChI=1S/C25H14Cl2O2/c26-18-9-4-7-16(12-18)22-21-14-15-6-2-1-3-11-20(15)23(21)25(28)29-24(22)17-8-5-10-19(27)13-17/h1-14H. The van der Waals surface area contributed by atoms with Crippen molar-refractivity contribution in [3.05, 3.63) is 105 Å². The molecular weight excluding hydrogens is 403 g/mol. The lowest BCUT2D eigenvalue weighted by atomic mass is 9.97. The van der Waals surface area contributed by atoms with Gasteiger partial charge in [-0.2, -0.15) is 0 Å². The van der Waals surface area contributed by atoms with Crippen LogP contribution < -0.4 is 5.63 Å². The fourth-order valence-electron chi connectivity index (χ4n) is 3.79. The number of hydrogen-bond donors (Lipinski definition) is 0. The van der Waals surface area contributed by atoms with E-state index in [9.17, 15) is 4.79 Å². The lowest BCUT2D eigenvalue weighted by Gasteiger charge is -2.11. The first-order chi connectivity index (χ1) is 14.1. The summed E-state index contributed by atoms with van der Waals surface area (Å²) in [6, 6.07) is 26.6. The Morgan fingerprint density at radius 1 is 0.655 bits per heavy atom. The first-order valence-corrected chi connectivity index (χ1v) is 9.88. The summed E-state index contributed by atoms with van der Waals surface area (Å²) in [4.78, 5) is 13.1. The molecule has 0 atom stereocenters. The molecule has 0 fully saturated rings. The second-order valence-electron chi connectivity index (χ2n) is 6.83. The lowest BCUT2D eigenvalue weighted by molar-refractivity contribution is 0.536. The van der Waals surface area contributed by atoms with Crippen molar-refractivity contribution in [3.8, 4) is 33.6 Å². The molecular formula is C25H14Cl2O2. The molecule has 0 N–H and O–H groups in total. The second-order valence-corrected chi connectivity index (χ2v) is 7.70. The Balaban J connectivity index is 1.98. The van der Waals surface area contributed by atoms with Crippen LogP contribution in [0.15, 0.2) is 94.1 Å². The van der Waals surface area contributed by atoms with Crippen molar-refractivity contribution in [2.45, 2.75) is 0 Å². The van der Waals surface area contributed by atoms with Crippen molar-refractivity contribution in [1.82, 2.24) is 0 Å². The molecule has 2 aliphatic rings. The van der Waals surface area contributed by atoms with E-state index >= 15 is 0 Å². The van der Waals surface area contributed by atoms with Crippen LogP contribution in [0.4, 0.5) is 0 Å². The van der Waals surface area contributed by atoms with Gasteiger partial charge in [0.25, 0.3) is 0 Å². The molecule has 1 heterocycles. The zero-order valence-electron chi connectivity index (χ0n) is 15.2. The summed E-state index contributed by atoms with van der Waals surface area (Å²) in [6.45, 7) is 0. The molecule has 0 saturated heterocycles. The van der Waals surface area contributed by atoms with E-state index in [1.165, 1.54) is 0 Å². The molecule has 0 saturated carbocycles. The predicted molar refractivity (Wildman–Crippen MR) is 120 cm³/mol. The molecule has 0 unspecified atom stereocenters. The van der Waals surface area contributed by atoms with Crippen LogP contribution >= 0.6 is 23.2 Å². The van der Waals surface area contributed by atoms with Crippen LogP contribution in [0.2, 0.25) is 10.0 Å². The summed E-state index contributed by atoms with van der Waals surface area (Å²) in [5, 5.41) is 2.58. The third kappa shape index (κ3) is 3.11. The molecule has 4 heteroatoms. The van der Waals surface area contributed by atoms with Crippen molar-refractivity contribution < 1.29 is 4.42 Å². The summed E-state index contributed by atoms with van der Waals surface area (Å²) in [5.74, 6) is 0.479. The Bertz CT molecular complexity index is 1400. The topological polar surface area (TPSA) is 30.2 Å². The fourth-order valence-corrected chi connectivity index (χ4v) is 4.17. The Morgan fingerprint density at radius 2 is 1.31 bits per heavy atom. The molecule has 5 rings (SSSR count). The molecule has 1 aromatic heterocycles. The SMILES string of the molecule is O=c1oc(-c2cccc(Cl)c2)c(-c2cccc(Cl)c2)c2cc3cccccc-3c12. The van der Waals surface area contributed by atoms with E-state index in [4.69, 9.17) is 27.6 Å². The van der Waals surface area contributed by atoms with Gasteiger partial charge in [0.2, 0.25) is 0 Å². The summed E-state index contributed by atoms with van der Waals surface area (Å²) in [5.41, 5.74) is 3.90. The Morgan fingerprint density at radius 3 is 2.07 bits per heavy atom. The van der Waals surface area contributed by atoms with Gasteiger partial charge in [0, 0.05) is 26.6 Å². The third-order valence-corrected chi connectivity index (χ3v) is 5.48. The van der Waals surface area contributed by atoms with Crippen LogP contribution in [-0.4, -0.2) is 0 Å². The quantitative estimate of drug-likeness (QED) is 0.297. The molecule has 140 valence electrons. The molecule has 0 amide bonds. The van der Waals surface area contributed by atoms with Gasteiger partial charge >= 0.3 is 5.63 Å². The van der Waals surface area contributed by atoms with Gasteiger partial charge in [-0.15, -0.1) is 0 Å². The smallest absolute Gasteiger partial charge is 0.344 e. The highest BCUT2D eigenvalue weighted by atomic mass is 35.5. The van der Waals surface area contributed by atoms with Crippen LogP contribution in [0.25, 0.3) is 44.3 Å². The Labute approximate surface area is 177 Å². The Hall–Kier alpha value is -3.07. The summed E-state index contributed by atoms with van der Waals surface area (Å²) in [7, 11) is 0. The zero-order valence-corrected chi connectivity index (χ0v) is 16.7. The first kappa shape index (κ1) is 18.0. The van der Waals surface area contributed by atoms with E-state index < -0.39 is 0 Å². The molecule has 3 aromatic rings. The van der Waals surface area contributed by atoms with Crippen molar-refractivity contribution in [1.29, 1.82) is 0 Å². The first-order valence-electron chi connectivity index (χ1n) is 9.12. The number of rotatable bonds is 2. The lowest BCUT2D eigenvalue weighted by Crippen LogP contribution is -2.02. The van der Waals surface area contributed by atoms with Crippen molar-refractivity contribution in [3.63, 3.8) is 0 Å². The molecule has 29 heavy (non-hydrogen) atoms. The monoisotopic (exact) mass is 416 g/mol. The van der Waals surface area contributed by atoms with Gasteiger partial charge in [-0.05, 0) is 47.0 Å². The van der Waals surface area contributed by atoms with Gasteiger partial charge in [0.1, 0.15) is 5.76 Å². The van der Waals surface area contributed by atoms with Crippen LogP contribution in [0, 0.1) is 0 Å². The number of benzene rings is 2. The van der Waals surface area contributed by atoms with Crippen LogP contribution in [0.3, 0.4) is 0 Å². The maximum absolute atomic E-state index is 13.1. The molecule has 2 aliphatic carbocycles. The molecule has 2 nitrogen and oxygen atoms in total. The minimum absolute atomic E-state index is 0.373. The highest BCUT2D eigenvalue weighted by molar-refractivity contribution is 6.31. The van der Waals surface area contributed by atoms with Crippen molar-refractivity contribution in [2.75, 3.05) is 0 Å². The van der Waals surface area contributed by atoms with E-state index in [1.807, 2.05) is 72.8 Å². The minimum atomic E-state index is -0.373. The summed E-state index contributed by atoms with van der Waals surface area (Å²) >= 11 is 12.5. The van der Waals surface area contributed by atoms with Crippen LogP contribution in [-0.2, 0) is 0 Å². The number of halogens is 2.